The fraction of sp³-hybridized carbons (Fsp3) is 0.769. The van der Waals surface area contributed by atoms with E-state index in [0.29, 0.717) is 6.54 Å². The summed E-state index contributed by atoms with van der Waals surface area (Å²) in [6, 6.07) is 0. The average molecular weight is 239 g/mol. The largest absolute Gasteiger partial charge is 0.391 e. The van der Waals surface area contributed by atoms with Crippen molar-refractivity contribution >= 4 is 0 Å². The third-order valence-electron chi connectivity index (χ3n) is 2.80. The molecule has 17 heavy (non-hydrogen) atoms. The van der Waals surface area contributed by atoms with Crippen molar-refractivity contribution in [2.45, 2.75) is 53.3 Å². The van der Waals surface area contributed by atoms with E-state index in [1.165, 1.54) is 0 Å². The molecule has 0 aliphatic carbocycles. The molecule has 4 heteroatoms. The molecule has 0 saturated heterocycles. The Balaban J connectivity index is 2.45. The molecule has 1 heterocycles. The Bertz CT molecular complexity index is 328. The zero-order valence-corrected chi connectivity index (χ0v) is 11.4. The zero-order valence-electron chi connectivity index (χ0n) is 11.4. The molecule has 0 aliphatic heterocycles. The van der Waals surface area contributed by atoms with Gasteiger partial charge in [0.15, 0.2) is 0 Å². The lowest BCUT2D eigenvalue weighted by molar-refractivity contribution is 0.0480. The van der Waals surface area contributed by atoms with Gasteiger partial charge < -0.3 is 15.0 Å². The second-order valence-electron chi connectivity index (χ2n) is 5.62. The van der Waals surface area contributed by atoms with Gasteiger partial charge in [-0.2, -0.15) is 0 Å². The minimum atomic E-state index is -0.354. The van der Waals surface area contributed by atoms with Crippen LogP contribution in [0, 0.1) is 5.41 Å². The van der Waals surface area contributed by atoms with Crippen LogP contribution in [-0.2, 0) is 13.1 Å². The third kappa shape index (κ3) is 4.88. The smallest absolute Gasteiger partial charge is 0.0950 e. The van der Waals surface area contributed by atoms with Gasteiger partial charge in [0.2, 0.25) is 0 Å². The van der Waals surface area contributed by atoms with E-state index in [4.69, 9.17) is 0 Å². The highest BCUT2D eigenvalue weighted by molar-refractivity contribution is 4.96. The van der Waals surface area contributed by atoms with E-state index < -0.39 is 0 Å². The molecule has 4 nitrogen and oxygen atoms in total. The van der Waals surface area contributed by atoms with Crippen LogP contribution in [0.15, 0.2) is 12.5 Å². The van der Waals surface area contributed by atoms with Gasteiger partial charge in [-0.25, -0.2) is 4.98 Å². The molecule has 2 N–H and O–H groups in total. The van der Waals surface area contributed by atoms with Crippen LogP contribution in [0.4, 0.5) is 0 Å². The lowest BCUT2D eigenvalue weighted by Crippen LogP contribution is -2.30. The second kappa shape index (κ2) is 6.17. The minimum absolute atomic E-state index is 0.0924. The molecule has 0 bridgehead atoms. The predicted octanol–water partition coefficient (Wildman–Crippen LogP) is 1.79. The highest BCUT2D eigenvalue weighted by Crippen LogP contribution is 2.20. The molecule has 0 amide bonds. The molecule has 0 aliphatic rings. The van der Waals surface area contributed by atoms with Crippen LogP contribution in [0.2, 0.25) is 0 Å². The summed E-state index contributed by atoms with van der Waals surface area (Å²) in [6.07, 6.45) is 4.56. The first kappa shape index (κ1) is 14.2. The lowest BCUT2D eigenvalue weighted by atomic mass is 9.89. The molecule has 98 valence electrons. The Kier molecular flexibility index (Phi) is 5.15. The van der Waals surface area contributed by atoms with Gasteiger partial charge in [-0.15, -0.1) is 0 Å². The predicted molar refractivity (Wildman–Crippen MR) is 69.7 cm³/mol. The van der Waals surface area contributed by atoms with Crippen LogP contribution in [0.3, 0.4) is 0 Å². The number of nitrogens with one attached hydrogen (secondary N) is 1. The standard InChI is InChI=1S/C13H25N3O/c1-5-6-14-7-11-8-16(10-15-11)9-12(17)13(2,3)4/h8,10,12,14,17H,5-7,9H2,1-4H3. The van der Waals surface area contributed by atoms with E-state index >= 15 is 0 Å². The van der Waals surface area contributed by atoms with E-state index in [1.807, 2.05) is 31.5 Å². The van der Waals surface area contributed by atoms with Crippen LogP contribution in [-0.4, -0.2) is 27.3 Å². The Hall–Kier alpha value is -0.870. The van der Waals surface area contributed by atoms with Crippen LogP contribution in [0.1, 0.15) is 39.8 Å². The number of aromatic nitrogens is 2. The summed E-state index contributed by atoms with van der Waals surface area (Å²) in [5.41, 5.74) is 0.935. The van der Waals surface area contributed by atoms with Crippen LogP contribution in [0.25, 0.3) is 0 Å². The number of nitrogens with zero attached hydrogens (tertiary/aromatic N) is 2. The van der Waals surface area contributed by atoms with Gasteiger partial charge in [0, 0.05) is 12.7 Å². The van der Waals surface area contributed by atoms with Crippen molar-refractivity contribution < 1.29 is 5.11 Å². The Morgan fingerprint density at radius 2 is 2.18 bits per heavy atom. The highest BCUT2D eigenvalue weighted by atomic mass is 16.3. The maximum absolute atomic E-state index is 10.00. The maximum atomic E-state index is 10.00. The monoisotopic (exact) mass is 239 g/mol. The van der Waals surface area contributed by atoms with E-state index in [-0.39, 0.29) is 11.5 Å². The van der Waals surface area contributed by atoms with Gasteiger partial charge >= 0.3 is 0 Å². The van der Waals surface area contributed by atoms with Gasteiger partial charge in [-0.05, 0) is 18.4 Å². The SMILES string of the molecule is CCCNCc1cn(CC(O)C(C)(C)C)cn1. The van der Waals surface area contributed by atoms with Crippen molar-refractivity contribution in [1.82, 2.24) is 14.9 Å². The van der Waals surface area contributed by atoms with E-state index in [9.17, 15) is 5.11 Å². The van der Waals surface area contributed by atoms with Crippen molar-refractivity contribution in [3.8, 4) is 0 Å². The molecule has 0 fully saturated rings. The molecule has 0 saturated carbocycles. The maximum Gasteiger partial charge on any atom is 0.0950 e. The van der Waals surface area contributed by atoms with Crippen molar-refractivity contribution in [3.05, 3.63) is 18.2 Å². The molecular formula is C13H25N3O. The number of aliphatic hydroxyl groups is 1. The van der Waals surface area contributed by atoms with Crippen molar-refractivity contribution in [2.75, 3.05) is 6.54 Å². The Labute approximate surface area is 104 Å². The van der Waals surface area contributed by atoms with Crippen LogP contribution < -0.4 is 5.32 Å². The number of rotatable bonds is 6. The number of hydrogen-bond donors (Lipinski definition) is 2. The van der Waals surface area contributed by atoms with Crippen LogP contribution >= 0.6 is 0 Å². The number of hydrogen-bond acceptors (Lipinski definition) is 3. The van der Waals surface area contributed by atoms with Crippen molar-refractivity contribution in [1.29, 1.82) is 0 Å². The Morgan fingerprint density at radius 1 is 1.47 bits per heavy atom. The molecule has 1 aromatic rings. The molecule has 1 atom stereocenters. The zero-order chi connectivity index (χ0) is 12.9. The number of imidazole rings is 1. The van der Waals surface area contributed by atoms with E-state index in [0.717, 1.165) is 25.2 Å². The van der Waals surface area contributed by atoms with Gasteiger partial charge in [-0.3, -0.25) is 0 Å². The summed E-state index contributed by atoms with van der Waals surface area (Å²) in [7, 11) is 0. The van der Waals surface area contributed by atoms with Gasteiger partial charge in [-0.1, -0.05) is 27.7 Å². The third-order valence-corrected chi connectivity index (χ3v) is 2.80. The summed E-state index contributed by atoms with van der Waals surface area (Å²) < 4.78 is 1.96. The lowest BCUT2D eigenvalue weighted by Gasteiger charge is -2.25. The van der Waals surface area contributed by atoms with Gasteiger partial charge in [0.1, 0.15) is 0 Å². The topological polar surface area (TPSA) is 50.1 Å². The van der Waals surface area contributed by atoms with E-state index in [2.05, 4.69) is 17.2 Å². The molecule has 1 unspecified atom stereocenters. The fourth-order valence-corrected chi connectivity index (χ4v) is 1.46. The molecule has 0 aromatic carbocycles. The first-order chi connectivity index (χ1) is 7.93. The quantitative estimate of drug-likeness (QED) is 0.744. The molecule has 1 rings (SSSR count). The summed E-state index contributed by atoms with van der Waals surface area (Å²) >= 11 is 0. The highest BCUT2D eigenvalue weighted by Gasteiger charge is 2.22. The second-order valence-corrected chi connectivity index (χ2v) is 5.62. The van der Waals surface area contributed by atoms with E-state index in [1.54, 1.807) is 6.33 Å². The summed E-state index contributed by atoms with van der Waals surface area (Å²) in [4.78, 5) is 4.31. The minimum Gasteiger partial charge on any atom is -0.391 e. The molecule has 0 radical (unpaired) electrons. The van der Waals surface area contributed by atoms with Gasteiger partial charge in [0.05, 0.1) is 24.7 Å². The molecule has 0 spiro atoms. The molecule has 1 aromatic heterocycles. The van der Waals surface area contributed by atoms with Crippen molar-refractivity contribution in [3.63, 3.8) is 0 Å². The average Bonchev–Trinajstić information content (AvgIpc) is 2.65. The summed E-state index contributed by atoms with van der Waals surface area (Å²) in [5.74, 6) is 0. The van der Waals surface area contributed by atoms with Gasteiger partial charge in [0.25, 0.3) is 0 Å². The van der Waals surface area contributed by atoms with Crippen molar-refractivity contribution in [2.24, 2.45) is 5.41 Å². The molecular weight excluding hydrogens is 214 g/mol. The fourth-order valence-electron chi connectivity index (χ4n) is 1.46. The summed E-state index contributed by atoms with van der Waals surface area (Å²) in [5, 5.41) is 13.3. The first-order valence-electron chi connectivity index (χ1n) is 6.33. The first-order valence-corrected chi connectivity index (χ1v) is 6.33. The van der Waals surface area contributed by atoms with Crippen LogP contribution in [0.5, 0.6) is 0 Å². The summed E-state index contributed by atoms with van der Waals surface area (Å²) in [6.45, 7) is 10.7. The normalized spacial score (nSPS) is 13.9. The Morgan fingerprint density at radius 3 is 2.76 bits per heavy atom. The number of aliphatic hydroxyl groups excluding tert-OH is 1.